The molecule has 0 aliphatic heterocycles. The largest absolute Gasteiger partial charge is 0.319 e. The van der Waals surface area contributed by atoms with E-state index >= 15 is 0 Å². The Kier molecular flexibility index (Phi) is 4.27. The van der Waals surface area contributed by atoms with Crippen molar-refractivity contribution in [2.45, 2.75) is 25.8 Å². The molecule has 2 aromatic heterocycles. The van der Waals surface area contributed by atoms with Gasteiger partial charge in [0, 0.05) is 17.2 Å². The maximum atomic E-state index is 13.7. The zero-order chi connectivity index (χ0) is 14.8. The molecule has 1 atom stereocenters. The number of nitrogens with zero attached hydrogens (tertiary/aromatic N) is 2. The van der Waals surface area contributed by atoms with Crippen molar-refractivity contribution < 1.29 is 4.39 Å². The fourth-order valence-corrected chi connectivity index (χ4v) is 3.79. The lowest BCUT2D eigenvalue weighted by atomic mass is 10.1. The Morgan fingerprint density at radius 1 is 1.38 bits per heavy atom. The first-order valence-electron chi connectivity index (χ1n) is 7.00. The molecule has 0 fully saturated rings. The number of halogens is 2. The molecule has 0 radical (unpaired) electrons. The van der Waals surface area contributed by atoms with E-state index < -0.39 is 0 Å². The number of thiophene rings is 1. The van der Waals surface area contributed by atoms with Crippen LogP contribution >= 0.6 is 22.9 Å². The average Bonchev–Trinajstić information content (AvgIpc) is 3.10. The number of fused-ring (bicyclic) bond motifs is 1. The monoisotopic (exact) mass is 322 g/mol. The van der Waals surface area contributed by atoms with Gasteiger partial charge in [-0.05, 0) is 36.1 Å². The zero-order valence-electron chi connectivity index (χ0n) is 11.7. The van der Waals surface area contributed by atoms with Gasteiger partial charge in [-0.3, -0.25) is 0 Å². The first-order chi connectivity index (χ1) is 10.2. The van der Waals surface area contributed by atoms with E-state index in [0.29, 0.717) is 12.3 Å². The van der Waals surface area contributed by atoms with E-state index in [2.05, 4.69) is 27.9 Å². The number of hydrogen-bond donors (Lipinski definition) is 0. The summed E-state index contributed by atoms with van der Waals surface area (Å²) in [7, 11) is 0. The van der Waals surface area contributed by atoms with Crippen molar-refractivity contribution in [3.63, 3.8) is 0 Å². The predicted octanol–water partition coefficient (Wildman–Crippen LogP) is 5.02. The van der Waals surface area contributed by atoms with E-state index in [-0.39, 0.29) is 11.9 Å². The third kappa shape index (κ3) is 2.70. The lowest BCUT2D eigenvalue weighted by Gasteiger charge is -2.19. The van der Waals surface area contributed by atoms with Gasteiger partial charge in [0.15, 0.2) is 0 Å². The lowest BCUT2D eigenvalue weighted by Crippen LogP contribution is -2.12. The van der Waals surface area contributed by atoms with Gasteiger partial charge in [0.25, 0.3) is 0 Å². The normalized spacial score (nSPS) is 12.9. The third-order valence-electron chi connectivity index (χ3n) is 3.61. The molecule has 1 unspecified atom stereocenters. The predicted molar refractivity (Wildman–Crippen MR) is 86.9 cm³/mol. The van der Waals surface area contributed by atoms with Crippen LogP contribution in [0.5, 0.6) is 0 Å². The van der Waals surface area contributed by atoms with Crippen molar-refractivity contribution in [2.75, 3.05) is 5.88 Å². The van der Waals surface area contributed by atoms with E-state index in [1.165, 1.54) is 10.9 Å². The summed E-state index contributed by atoms with van der Waals surface area (Å²) >= 11 is 7.63. The summed E-state index contributed by atoms with van der Waals surface area (Å²) in [6.45, 7) is 2.14. The minimum absolute atomic E-state index is 0.176. The number of imidazole rings is 1. The molecule has 0 spiro atoms. The highest BCUT2D eigenvalue weighted by Gasteiger charge is 2.20. The highest BCUT2D eigenvalue weighted by molar-refractivity contribution is 7.10. The molecule has 0 saturated heterocycles. The Balaban J connectivity index is 2.22. The third-order valence-corrected chi connectivity index (χ3v) is 4.78. The van der Waals surface area contributed by atoms with Crippen LogP contribution in [0.1, 0.15) is 30.1 Å². The molecule has 0 N–H and O–H groups in total. The van der Waals surface area contributed by atoms with Crippen LogP contribution in [-0.4, -0.2) is 15.4 Å². The summed E-state index contributed by atoms with van der Waals surface area (Å²) in [6.07, 6.45) is 1.61. The SMILES string of the molecule is CCC(c1cccs1)n1c(CCCl)nc2ccc(F)cc21. The molecule has 0 aliphatic carbocycles. The second-order valence-electron chi connectivity index (χ2n) is 4.91. The molecule has 0 saturated carbocycles. The van der Waals surface area contributed by atoms with Crippen LogP contribution in [0.25, 0.3) is 11.0 Å². The summed E-state index contributed by atoms with van der Waals surface area (Å²) in [4.78, 5) is 5.90. The van der Waals surface area contributed by atoms with E-state index in [1.54, 1.807) is 23.5 Å². The molecular formula is C16H16ClFN2S. The Labute approximate surface area is 132 Å². The first-order valence-corrected chi connectivity index (χ1v) is 8.41. The number of aromatic nitrogens is 2. The first kappa shape index (κ1) is 14.5. The summed E-state index contributed by atoms with van der Waals surface area (Å²) in [6, 6.07) is 9.10. The maximum Gasteiger partial charge on any atom is 0.125 e. The van der Waals surface area contributed by atoms with Crippen LogP contribution in [0.15, 0.2) is 35.7 Å². The average molecular weight is 323 g/mol. The molecule has 3 aromatic rings. The van der Waals surface area contributed by atoms with E-state index in [4.69, 9.17) is 11.6 Å². The molecule has 2 nitrogen and oxygen atoms in total. The Morgan fingerprint density at radius 2 is 2.24 bits per heavy atom. The zero-order valence-corrected chi connectivity index (χ0v) is 13.3. The molecule has 21 heavy (non-hydrogen) atoms. The maximum absolute atomic E-state index is 13.7. The lowest BCUT2D eigenvalue weighted by molar-refractivity contribution is 0.565. The van der Waals surface area contributed by atoms with Crippen molar-refractivity contribution in [3.8, 4) is 0 Å². The van der Waals surface area contributed by atoms with Crippen LogP contribution in [0.2, 0.25) is 0 Å². The van der Waals surface area contributed by atoms with Crippen molar-refractivity contribution in [1.29, 1.82) is 0 Å². The van der Waals surface area contributed by atoms with Gasteiger partial charge in [0.2, 0.25) is 0 Å². The fourth-order valence-electron chi connectivity index (χ4n) is 2.72. The summed E-state index contributed by atoms with van der Waals surface area (Å²) < 4.78 is 15.8. The van der Waals surface area contributed by atoms with Crippen molar-refractivity contribution in [2.24, 2.45) is 0 Å². The van der Waals surface area contributed by atoms with E-state index in [0.717, 1.165) is 23.3 Å². The Hall–Kier alpha value is -1.39. The summed E-state index contributed by atoms with van der Waals surface area (Å²) in [5.74, 6) is 1.19. The van der Waals surface area contributed by atoms with Crippen molar-refractivity contribution in [3.05, 3.63) is 52.2 Å². The van der Waals surface area contributed by atoms with Gasteiger partial charge in [-0.15, -0.1) is 22.9 Å². The summed E-state index contributed by atoms with van der Waals surface area (Å²) in [5.41, 5.74) is 1.67. The highest BCUT2D eigenvalue weighted by Crippen LogP contribution is 2.31. The highest BCUT2D eigenvalue weighted by atomic mass is 35.5. The van der Waals surface area contributed by atoms with Gasteiger partial charge >= 0.3 is 0 Å². The minimum Gasteiger partial charge on any atom is -0.319 e. The van der Waals surface area contributed by atoms with Gasteiger partial charge in [-0.2, -0.15) is 0 Å². The molecule has 0 bridgehead atoms. The van der Waals surface area contributed by atoms with Crippen LogP contribution in [-0.2, 0) is 6.42 Å². The number of rotatable bonds is 5. The molecule has 1 aromatic carbocycles. The summed E-state index contributed by atoms with van der Waals surface area (Å²) in [5, 5.41) is 2.07. The molecule has 0 aliphatic rings. The molecule has 3 rings (SSSR count). The number of aryl methyl sites for hydroxylation is 1. The topological polar surface area (TPSA) is 17.8 Å². The van der Waals surface area contributed by atoms with Gasteiger partial charge in [0.1, 0.15) is 11.6 Å². The standard InChI is InChI=1S/C16H16ClFN2S/c1-2-13(15-4-3-9-21-15)20-14-10-11(18)5-6-12(14)19-16(20)7-8-17/h3-6,9-10,13H,2,7-8H2,1H3. The molecule has 0 amide bonds. The van der Waals surface area contributed by atoms with Gasteiger partial charge < -0.3 is 4.57 Å². The quantitative estimate of drug-likeness (QED) is 0.603. The van der Waals surface area contributed by atoms with Crippen LogP contribution in [0, 0.1) is 5.82 Å². The van der Waals surface area contributed by atoms with E-state index in [1.807, 2.05) is 6.07 Å². The Bertz CT molecular complexity index is 736. The molecule has 5 heteroatoms. The fraction of sp³-hybridized carbons (Fsp3) is 0.312. The van der Waals surface area contributed by atoms with Crippen LogP contribution in [0.3, 0.4) is 0 Å². The van der Waals surface area contributed by atoms with Gasteiger partial charge in [-0.1, -0.05) is 13.0 Å². The molecular weight excluding hydrogens is 307 g/mol. The second-order valence-corrected chi connectivity index (χ2v) is 6.27. The smallest absolute Gasteiger partial charge is 0.125 e. The minimum atomic E-state index is -0.234. The van der Waals surface area contributed by atoms with E-state index in [9.17, 15) is 4.39 Å². The number of benzene rings is 1. The number of alkyl halides is 1. The number of hydrogen-bond acceptors (Lipinski definition) is 2. The van der Waals surface area contributed by atoms with Gasteiger partial charge in [0.05, 0.1) is 17.1 Å². The second kappa shape index (κ2) is 6.16. The Morgan fingerprint density at radius 3 is 2.90 bits per heavy atom. The van der Waals surface area contributed by atoms with Gasteiger partial charge in [-0.25, -0.2) is 9.37 Å². The molecule has 110 valence electrons. The van der Waals surface area contributed by atoms with Crippen molar-refractivity contribution >= 4 is 34.0 Å². The van der Waals surface area contributed by atoms with Crippen molar-refractivity contribution in [1.82, 2.24) is 9.55 Å². The molecule has 2 heterocycles. The van der Waals surface area contributed by atoms with Crippen LogP contribution in [0.4, 0.5) is 4.39 Å². The van der Waals surface area contributed by atoms with Crippen LogP contribution < -0.4 is 0 Å².